The number of nitrogens with one attached hydrogen (secondary N) is 1. The first-order valence-electron chi connectivity index (χ1n) is 4.81. The van der Waals surface area contributed by atoms with Crippen LogP contribution in [0.1, 0.15) is 18.9 Å². The van der Waals surface area contributed by atoms with Gasteiger partial charge in [0.25, 0.3) is 0 Å². The maximum Gasteiger partial charge on any atom is 0.0417 e. The first kappa shape index (κ1) is 11.9. The molecule has 1 aromatic carbocycles. The van der Waals surface area contributed by atoms with E-state index in [0.29, 0.717) is 0 Å². The number of halogens is 1. The molecule has 1 N–H and O–H groups in total. The number of rotatable bonds is 5. The van der Waals surface area contributed by atoms with Crippen LogP contribution in [0.15, 0.2) is 23.1 Å². The first-order chi connectivity index (χ1) is 6.77. The highest BCUT2D eigenvalue weighted by Crippen LogP contribution is 2.24. The van der Waals surface area contributed by atoms with E-state index in [4.69, 9.17) is 11.6 Å². The number of thioether (sulfide) groups is 1. The molecule has 0 radical (unpaired) electrons. The molecule has 0 fully saturated rings. The minimum absolute atomic E-state index is 0.814. The molecule has 0 aliphatic rings. The highest BCUT2D eigenvalue weighted by molar-refractivity contribution is 7.98. The van der Waals surface area contributed by atoms with Crippen LogP contribution >= 0.6 is 23.4 Å². The lowest BCUT2D eigenvalue weighted by molar-refractivity contribution is 0.669. The minimum atomic E-state index is 0.814. The summed E-state index contributed by atoms with van der Waals surface area (Å²) in [5, 5.41) is 4.20. The van der Waals surface area contributed by atoms with Crippen molar-refractivity contribution >= 4 is 23.4 Å². The lowest BCUT2D eigenvalue weighted by atomic mass is 10.2. The zero-order valence-electron chi connectivity index (χ0n) is 8.64. The van der Waals surface area contributed by atoms with Crippen LogP contribution in [0.4, 0.5) is 0 Å². The zero-order valence-corrected chi connectivity index (χ0v) is 10.2. The summed E-state index contributed by atoms with van der Waals surface area (Å²) in [5.74, 6) is 0. The van der Waals surface area contributed by atoms with E-state index in [0.717, 1.165) is 18.1 Å². The SMILES string of the molecule is CCCNCc1ccc(Cl)cc1SC. The molecule has 0 saturated heterocycles. The van der Waals surface area contributed by atoms with Crippen molar-refractivity contribution in [2.75, 3.05) is 12.8 Å². The Morgan fingerprint density at radius 2 is 2.21 bits per heavy atom. The molecular formula is C11H16ClNS. The molecule has 0 amide bonds. The van der Waals surface area contributed by atoms with Crippen LogP contribution in [-0.2, 0) is 6.54 Å². The molecule has 1 aromatic rings. The summed E-state index contributed by atoms with van der Waals surface area (Å²) in [6, 6.07) is 6.07. The monoisotopic (exact) mass is 229 g/mol. The predicted molar refractivity (Wildman–Crippen MR) is 65.2 cm³/mol. The number of hydrogen-bond donors (Lipinski definition) is 1. The minimum Gasteiger partial charge on any atom is -0.313 e. The highest BCUT2D eigenvalue weighted by Gasteiger charge is 2.01. The molecule has 78 valence electrons. The normalized spacial score (nSPS) is 10.5. The van der Waals surface area contributed by atoms with Crippen LogP contribution in [0.2, 0.25) is 5.02 Å². The Morgan fingerprint density at radius 3 is 2.86 bits per heavy atom. The third-order valence-corrected chi connectivity index (χ3v) is 3.05. The van der Waals surface area contributed by atoms with Gasteiger partial charge < -0.3 is 5.32 Å². The average molecular weight is 230 g/mol. The summed E-state index contributed by atoms with van der Waals surface area (Å²) in [7, 11) is 0. The van der Waals surface area contributed by atoms with E-state index in [1.54, 1.807) is 11.8 Å². The van der Waals surface area contributed by atoms with Gasteiger partial charge in [-0.1, -0.05) is 24.6 Å². The quantitative estimate of drug-likeness (QED) is 0.612. The van der Waals surface area contributed by atoms with Gasteiger partial charge in [-0.2, -0.15) is 0 Å². The van der Waals surface area contributed by atoms with Crippen molar-refractivity contribution in [3.63, 3.8) is 0 Å². The van der Waals surface area contributed by atoms with Gasteiger partial charge in [0.1, 0.15) is 0 Å². The van der Waals surface area contributed by atoms with Gasteiger partial charge in [0.05, 0.1) is 0 Å². The molecule has 1 nitrogen and oxygen atoms in total. The standard InChI is InChI=1S/C11H16ClNS/c1-3-6-13-8-9-4-5-10(12)7-11(9)14-2/h4-5,7,13H,3,6,8H2,1-2H3. The Morgan fingerprint density at radius 1 is 1.43 bits per heavy atom. The Labute approximate surface area is 95.2 Å². The van der Waals surface area contributed by atoms with E-state index in [1.807, 2.05) is 12.1 Å². The smallest absolute Gasteiger partial charge is 0.0417 e. The average Bonchev–Trinajstić information content (AvgIpc) is 2.20. The zero-order chi connectivity index (χ0) is 10.4. The summed E-state index contributed by atoms with van der Waals surface area (Å²) < 4.78 is 0. The second-order valence-electron chi connectivity index (χ2n) is 3.13. The van der Waals surface area contributed by atoms with Gasteiger partial charge in [0.2, 0.25) is 0 Å². The fourth-order valence-electron chi connectivity index (χ4n) is 1.26. The molecule has 0 aliphatic carbocycles. The Hall–Kier alpha value is -0.180. The molecule has 0 spiro atoms. The predicted octanol–water partition coefficient (Wildman–Crippen LogP) is 3.56. The molecule has 0 atom stereocenters. The van der Waals surface area contributed by atoms with Crippen LogP contribution in [0.3, 0.4) is 0 Å². The van der Waals surface area contributed by atoms with E-state index in [-0.39, 0.29) is 0 Å². The van der Waals surface area contributed by atoms with Gasteiger partial charge in [-0.15, -0.1) is 11.8 Å². The lowest BCUT2D eigenvalue weighted by Crippen LogP contribution is -2.14. The van der Waals surface area contributed by atoms with Gasteiger partial charge in [-0.05, 0) is 36.9 Å². The third kappa shape index (κ3) is 3.52. The molecular weight excluding hydrogens is 214 g/mol. The van der Waals surface area contributed by atoms with E-state index < -0.39 is 0 Å². The fraction of sp³-hybridized carbons (Fsp3) is 0.455. The van der Waals surface area contributed by atoms with E-state index in [9.17, 15) is 0 Å². The molecule has 0 unspecified atom stereocenters. The fourth-order valence-corrected chi connectivity index (χ4v) is 2.15. The molecule has 0 heterocycles. The third-order valence-electron chi connectivity index (χ3n) is 1.99. The van der Waals surface area contributed by atoms with Crippen molar-refractivity contribution in [2.45, 2.75) is 24.8 Å². The topological polar surface area (TPSA) is 12.0 Å². The van der Waals surface area contributed by atoms with Gasteiger partial charge in [0.15, 0.2) is 0 Å². The summed E-state index contributed by atoms with van der Waals surface area (Å²) in [5.41, 5.74) is 1.33. The van der Waals surface area contributed by atoms with E-state index in [1.165, 1.54) is 16.9 Å². The van der Waals surface area contributed by atoms with Crippen LogP contribution < -0.4 is 5.32 Å². The summed E-state index contributed by atoms with van der Waals surface area (Å²) in [6.45, 7) is 4.17. The molecule has 0 aliphatic heterocycles. The maximum atomic E-state index is 5.92. The van der Waals surface area contributed by atoms with Crippen LogP contribution in [0, 0.1) is 0 Å². The number of benzene rings is 1. The Bertz CT molecular complexity index is 289. The van der Waals surface area contributed by atoms with Crippen molar-refractivity contribution in [3.8, 4) is 0 Å². The second-order valence-corrected chi connectivity index (χ2v) is 4.42. The Balaban J connectivity index is 2.65. The summed E-state index contributed by atoms with van der Waals surface area (Å²) >= 11 is 7.67. The van der Waals surface area contributed by atoms with Crippen molar-refractivity contribution < 1.29 is 0 Å². The molecule has 3 heteroatoms. The first-order valence-corrected chi connectivity index (χ1v) is 6.41. The van der Waals surface area contributed by atoms with Gasteiger partial charge in [-0.3, -0.25) is 0 Å². The van der Waals surface area contributed by atoms with Crippen LogP contribution in [0.25, 0.3) is 0 Å². The summed E-state index contributed by atoms with van der Waals surface area (Å²) in [6.07, 6.45) is 3.25. The molecule has 0 bridgehead atoms. The lowest BCUT2D eigenvalue weighted by Gasteiger charge is -2.08. The van der Waals surface area contributed by atoms with Crippen molar-refractivity contribution in [2.24, 2.45) is 0 Å². The molecule has 14 heavy (non-hydrogen) atoms. The number of hydrogen-bond acceptors (Lipinski definition) is 2. The van der Waals surface area contributed by atoms with Crippen LogP contribution in [-0.4, -0.2) is 12.8 Å². The van der Waals surface area contributed by atoms with E-state index >= 15 is 0 Å². The largest absolute Gasteiger partial charge is 0.313 e. The summed E-state index contributed by atoms with van der Waals surface area (Å²) in [4.78, 5) is 1.26. The van der Waals surface area contributed by atoms with Gasteiger partial charge in [-0.25, -0.2) is 0 Å². The molecule has 0 saturated carbocycles. The highest BCUT2D eigenvalue weighted by atomic mass is 35.5. The second kappa shape index (κ2) is 6.33. The maximum absolute atomic E-state index is 5.92. The van der Waals surface area contributed by atoms with Crippen LogP contribution in [0.5, 0.6) is 0 Å². The molecule has 0 aromatic heterocycles. The van der Waals surface area contributed by atoms with E-state index in [2.05, 4.69) is 24.6 Å². The van der Waals surface area contributed by atoms with Gasteiger partial charge in [0, 0.05) is 16.5 Å². The Kier molecular flexibility index (Phi) is 5.38. The van der Waals surface area contributed by atoms with Crippen molar-refractivity contribution in [1.29, 1.82) is 0 Å². The van der Waals surface area contributed by atoms with Crippen molar-refractivity contribution in [3.05, 3.63) is 28.8 Å². The van der Waals surface area contributed by atoms with Gasteiger partial charge >= 0.3 is 0 Å². The molecule has 1 rings (SSSR count). The van der Waals surface area contributed by atoms with Crippen molar-refractivity contribution in [1.82, 2.24) is 5.32 Å².